The van der Waals surface area contributed by atoms with Crippen LogP contribution < -0.4 is 11.5 Å². The fourth-order valence-electron chi connectivity index (χ4n) is 3.86. The Bertz CT molecular complexity index is 1280. The summed E-state index contributed by atoms with van der Waals surface area (Å²) in [5.74, 6) is -1.18. The van der Waals surface area contributed by atoms with Gasteiger partial charge in [0.25, 0.3) is 0 Å². The van der Waals surface area contributed by atoms with Gasteiger partial charge in [-0.25, -0.2) is 0 Å². The number of carbonyl (C=O) groups excluding carboxylic acids is 2. The fraction of sp³-hybridized carbons (Fsp3) is 0.154. The topological polar surface area (TPSA) is 136 Å². The minimum Gasteiger partial charge on any atom is -0.507 e. The van der Waals surface area contributed by atoms with Gasteiger partial charge in [0.05, 0.1) is 12.8 Å². The van der Waals surface area contributed by atoms with Crippen molar-refractivity contribution < 1.29 is 24.5 Å². The Morgan fingerprint density at radius 1 is 0.667 bits per heavy atom. The number of esters is 2. The molecule has 0 heterocycles. The molecule has 0 unspecified atom stereocenters. The highest BCUT2D eigenvalue weighted by molar-refractivity contribution is 5.93. The van der Waals surface area contributed by atoms with Crippen molar-refractivity contribution in [2.45, 2.75) is 25.7 Å². The van der Waals surface area contributed by atoms with Gasteiger partial charge < -0.3 is 26.4 Å². The first-order valence-electron chi connectivity index (χ1n) is 10.6. The van der Waals surface area contributed by atoms with Crippen molar-refractivity contribution in [3.63, 3.8) is 0 Å². The largest absolute Gasteiger partial charge is 0.507 e. The van der Waals surface area contributed by atoms with Crippen molar-refractivity contribution in [2.75, 3.05) is 11.5 Å². The molecule has 0 atom stereocenters. The molecule has 33 heavy (non-hydrogen) atoms. The third kappa shape index (κ3) is 4.82. The molecule has 168 valence electrons. The number of benzene rings is 4. The summed E-state index contributed by atoms with van der Waals surface area (Å²) >= 11 is 0. The van der Waals surface area contributed by atoms with Crippen LogP contribution in [0.25, 0.3) is 21.5 Å². The molecule has 0 saturated carbocycles. The number of nitrogen functional groups attached to an aromatic ring is 2. The normalized spacial score (nSPS) is 11.0. The van der Waals surface area contributed by atoms with Crippen LogP contribution >= 0.6 is 0 Å². The number of phenolic OH excluding ortho intramolecular Hbond substituents is 2. The van der Waals surface area contributed by atoms with Crippen LogP contribution in [0.15, 0.2) is 60.7 Å². The van der Waals surface area contributed by atoms with Crippen LogP contribution in [0.5, 0.6) is 11.5 Å². The maximum Gasteiger partial charge on any atom is 0.313 e. The number of phenols is 2. The van der Waals surface area contributed by atoms with E-state index in [0.717, 1.165) is 10.8 Å². The Hall–Kier alpha value is -4.26. The maximum atomic E-state index is 12.1. The van der Waals surface area contributed by atoms with E-state index in [0.29, 0.717) is 33.3 Å². The number of nitrogens with two attached hydrogens (primary N) is 2. The lowest BCUT2D eigenvalue weighted by Crippen LogP contribution is -2.13. The van der Waals surface area contributed by atoms with Gasteiger partial charge in [-0.1, -0.05) is 24.3 Å². The molecule has 0 spiro atoms. The third-order valence-corrected chi connectivity index (χ3v) is 5.62. The molecule has 0 bridgehead atoms. The molecule has 0 saturated heterocycles. The fourth-order valence-corrected chi connectivity index (χ4v) is 3.86. The van der Waals surface area contributed by atoms with Gasteiger partial charge in [0.15, 0.2) is 0 Å². The predicted molar refractivity (Wildman–Crippen MR) is 128 cm³/mol. The van der Waals surface area contributed by atoms with Crippen LogP contribution in [-0.2, 0) is 27.2 Å². The Balaban J connectivity index is 1.33. The lowest BCUT2D eigenvalue weighted by atomic mass is 10.0. The van der Waals surface area contributed by atoms with Crippen LogP contribution in [0.3, 0.4) is 0 Å². The number of fused-ring (bicyclic) bond motifs is 2. The first-order valence-corrected chi connectivity index (χ1v) is 10.6. The standard InChI is InChI=1S/C26H24N2O5/c27-19-7-9-21-17(13-19)3-1-15(25(21)31)5-11-23(29)33-24(30)12-6-16-2-4-18-14-20(28)8-10-22(18)26(16)32/h1-4,7-10,13-14,31-32H,5-6,11-12,27-28H2. The predicted octanol–water partition coefficient (Wildman–Crippen LogP) is 4.20. The van der Waals surface area contributed by atoms with E-state index < -0.39 is 11.9 Å². The van der Waals surface area contributed by atoms with Gasteiger partial charge in [-0.2, -0.15) is 0 Å². The first-order chi connectivity index (χ1) is 15.8. The van der Waals surface area contributed by atoms with E-state index in [2.05, 4.69) is 0 Å². The summed E-state index contributed by atoms with van der Waals surface area (Å²) in [6.45, 7) is 0. The molecule has 4 aromatic rings. The van der Waals surface area contributed by atoms with E-state index in [1.54, 1.807) is 48.5 Å². The van der Waals surface area contributed by atoms with Gasteiger partial charge in [0, 0.05) is 22.1 Å². The Labute approximate surface area is 190 Å². The van der Waals surface area contributed by atoms with Crippen molar-refractivity contribution in [2.24, 2.45) is 0 Å². The molecular formula is C26H24N2O5. The van der Waals surface area contributed by atoms with Crippen LogP contribution in [0.4, 0.5) is 11.4 Å². The average molecular weight is 444 g/mol. The highest BCUT2D eigenvalue weighted by atomic mass is 16.6. The van der Waals surface area contributed by atoms with E-state index in [1.165, 1.54) is 0 Å². The molecule has 7 nitrogen and oxygen atoms in total. The summed E-state index contributed by atoms with van der Waals surface area (Å²) in [5, 5.41) is 23.8. The molecule has 0 radical (unpaired) electrons. The van der Waals surface area contributed by atoms with Crippen LogP contribution in [0.1, 0.15) is 24.0 Å². The Morgan fingerprint density at radius 3 is 1.52 bits per heavy atom. The maximum absolute atomic E-state index is 12.1. The number of ether oxygens (including phenoxy) is 1. The van der Waals surface area contributed by atoms with Crippen molar-refractivity contribution in [3.8, 4) is 11.5 Å². The molecule has 0 aliphatic carbocycles. The number of rotatable bonds is 6. The quantitative estimate of drug-likeness (QED) is 0.199. The zero-order chi connectivity index (χ0) is 23.5. The van der Waals surface area contributed by atoms with Gasteiger partial charge in [-0.05, 0) is 71.1 Å². The summed E-state index contributed by atoms with van der Waals surface area (Å²) < 4.78 is 4.91. The molecule has 6 N–H and O–H groups in total. The van der Waals surface area contributed by atoms with Crippen LogP contribution in [0.2, 0.25) is 0 Å². The van der Waals surface area contributed by atoms with Gasteiger partial charge >= 0.3 is 11.9 Å². The van der Waals surface area contributed by atoms with Gasteiger partial charge in [0.1, 0.15) is 11.5 Å². The molecule has 0 aliphatic rings. The van der Waals surface area contributed by atoms with Crippen LogP contribution in [0, 0.1) is 0 Å². The molecule has 0 aromatic heterocycles. The molecule has 4 aromatic carbocycles. The number of carbonyl (C=O) groups is 2. The second-order valence-electron chi connectivity index (χ2n) is 7.95. The average Bonchev–Trinajstić information content (AvgIpc) is 2.78. The van der Waals surface area contributed by atoms with Gasteiger partial charge in [-0.3, -0.25) is 9.59 Å². The van der Waals surface area contributed by atoms with E-state index in [4.69, 9.17) is 16.2 Å². The zero-order valence-corrected chi connectivity index (χ0v) is 17.9. The lowest BCUT2D eigenvalue weighted by Gasteiger charge is -2.09. The molecule has 4 rings (SSSR count). The lowest BCUT2D eigenvalue weighted by molar-refractivity contribution is -0.159. The molecule has 0 amide bonds. The van der Waals surface area contributed by atoms with E-state index >= 15 is 0 Å². The second-order valence-corrected chi connectivity index (χ2v) is 7.95. The minimum atomic E-state index is -0.671. The highest BCUT2D eigenvalue weighted by Crippen LogP contribution is 2.32. The highest BCUT2D eigenvalue weighted by Gasteiger charge is 2.15. The molecule has 7 heteroatoms. The number of anilines is 2. The van der Waals surface area contributed by atoms with E-state index in [9.17, 15) is 19.8 Å². The Kier molecular flexibility index (Phi) is 6.04. The Morgan fingerprint density at radius 2 is 1.09 bits per heavy atom. The third-order valence-electron chi connectivity index (χ3n) is 5.62. The van der Waals surface area contributed by atoms with E-state index in [-0.39, 0.29) is 37.2 Å². The van der Waals surface area contributed by atoms with Crippen molar-refractivity contribution in [3.05, 3.63) is 71.8 Å². The monoisotopic (exact) mass is 444 g/mol. The van der Waals surface area contributed by atoms with Gasteiger partial charge in [0.2, 0.25) is 0 Å². The summed E-state index contributed by atoms with van der Waals surface area (Å²) in [6, 6.07) is 17.4. The van der Waals surface area contributed by atoms with Crippen molar-refractivity contribution in [1.29, 1.82) is 0 Å². The number of hydrogen-bond donors (Lipinski definition) is 4. The van der Waals surface area contributed by atoms with Gasteiger partial charge in [-0.15, -0.1) is 0 Å². The summed E-state index contributed by atoms with van der Waals surface area (Å²) in [7, 11) is 0. The van der Waals surface area contributed by atoms with Crippen LogP contribution in [-0.4, -0.2) is 22.2 Å². The van der Waals surface area contributed by atoms with Crippen molar-refractivity contribution in [1.82, 2.24) is 0 Å². The number of hydrogen-bond acceptors (Lipinski definition) is 7. The molecule has 0 fully saturated rings. The number of aryl methyl sites for hydroxylation is 2. The first kappa shape index (κ1) is 22.0. The smallest absolute Gasteiger partial charge is 0.313 e. The molecular weight excluding hydrogens is 420 g/mol. The second kappa shape index (κ2) is 9.08. The minimum absolute atomic E-state index is 0.0531. The zero-order valence-electron chi connectivity index (χ0n) is 17.9. The summed E-state index contributed by atoms with van der Waals surface area (Å²) in [6.07, 6.45) is 0.352. The SMILES string of the molecule is Nc1ccc2c(O)c(CCC(=O)OC(=O)CCc3ccc4cc(N)ccc4c3O)ccc2c1. The summed E-state index contributed by atoms with van der Waals surface area (Å²) in [5.41, 5.74) is 13.9. The summed E-state index contributed by atoms with van der Waals surface area (Å²) in [4.78, 5) is 24.3. The number of aromatic hydroxyl groups is 2. The van der Waals surface area contributed by atoms with Crippen molar-refractivity contribution >= 4 is 44.9 Å². The molecule has 0 aliphatic heterocycles. The van der Waals surface area contributed by atoms with E-state index in [1.807, 2.05) is 12.1 Å².